The first-order valence-electron chi connectivity index (χ1n) is 12.0. The summed E-state index contributed by atoms with van der Waals surface area (Å²) in [7, 11) is 0. The minimum Gasteiger partial charge on any atom is -0.492 e. The van der Waals surface area contributed by atoms with Crippen molar-refractivity contribution in [3.05, 3.63) is 95.6 Å². The molecule has 35 heavy (non-hydrogen) atoms. The molecule has 7 heteroatoms. The summed E-state index contributed by atoms with van der Waals surface area (Å²) in [5.74, 6) is 0.217. The number of rotatable bonds is 10. The van der Waals surface area contributed by atoms with Gasteiger partial charge in [0.25, 0.3) is 0 Å². The van der Waals surface area contributed by atoms with Gasteiger partial charge in [-0.15, -0.1) is 0 Å². The Morgan fingerprint density at radius 3 is 1.97 bits per heavy atom. The van der Waals surface area contributed by atoms with Gasteiger partial charge >= 0.3 is 0 Å². The van der Waals surface area contributed by atoms with E-state index in [1.807, 2.05) is 25.1 Å². The van der Waals surface area contributed by atoms with Crippen molar-refractivity contribution < 1.29 is 23.4 Å². The van der Waals surface area contributed by atoms with E-state index in [0.717, 1.165) is 48.7 Å². The first-order chi connectivity index (χ1) is 17.0. The Morgan fingerprint density at radius 1 is 0.829 bits per heavy atom. The highest BCUT2D eigenvalue weighted by Crippen LogP contribution is 2.29. The van der Waals surface area contributed by atoms with Crippen LogP contribution in [0.1, 0.15) is 24.2 Å². The minimum absolute atomic E-state index is 0.104. The molecule has 5 nitrogen and oxygen atoms in total. The predicted octanol–water partition coefficient (Wildman–Crippen LogP) is 4.65. The summed E-state index contributed by atoms with van der Waals surface area (Å²) in [4.78, 5) is 4.53. The van der Waals surface area contributed by atoms with Gasteiger partial charge in [-0.1, -0.05) is 36.4 Å². The molecule has 1 saturated heterocycles. The Hall–Kier alpha value is -3.00. The molecule has 0 aromatic heterocycles. The summed E-state index contributed by atoms with van der Waals surface area (Å²) in [6, 6.07) is 20.1. The standard InChI is InChI=1S/C28H32F2N2O3/c1-2-34-27-6-4-3-5-26(27)32-17-15-31(16-18-32)19-25(33)20-35-28(21-7-11-23(29)12-8-21)22-9-13-24(30)14-10-22/h3-14,25,28,33H,2,15-20H2,1H3/t25-/m0/s1. The van der Waals surface area contributed by atoms with Crippen molar-refractivity contribution in [3.8, 4) is 5.75 Å². The monoisotopic (exact) mass is 482 g/mol. The molecule has 0 radical (unpaired) electrons. The first-order valence-corrected chi connectivity index (χ1v) is 12.0. The third-order valence-corrected chi connectivity index (χ3v) is 6.15. The van der Waals surface area contributed by atoms with E-state index in [4.69, 9.17) is 9.47 Å². The van der Waals surface area contributed by atoms with Crippen LogP contribution in [0.25, 0.3) is 0 Å². The van der Waals surface area contributed by atoms with Gasteiger partial charge in [0.15, 0.2) is 0 Å². The second kappa shape index (κ2) is 12.1. The number of halogens is 2. The molecule has 1 aliphatic rings. The molecule has 3 aromatic carbocycles. The third-order valence-electron chi connectivity index (χ3n) is 6.15. The van der Waals surface area contributed by atoms with Gasteiger partial charge in [0.2, 0.25) is 0 Å². The van der Waals surface area contributed by atoms with Crippen LogP contribution in [0.2, 0.25) is 0 Å². The number of hydrogen-bond acceptors (Lipinski definition) is 5. The van der Waals surface area contributed by atoms with Crippen LogP contribution in [-0.2, 0) is 4.74 Å². The zero-order valence-electron chi connectivity index (χ0n) is 19.9. The van der Waals surface area contributed by atoms with Gasteiger partial charge in [0.05, 0.1) is 25.0 Å². The normalized spacial score (nSPS) is 15.4. The number of piperazine rings is 1. The van der Waals surface area contributed by atoms with E-state index in [-0.39, 0.29) is 18.2 Å². The molecule has 0 amide bonds. The molecule has 1 N–H and O–H groups in total. The zero-order valence-corrected chi connectivity index (χ0v) is 19.9. The van der Waals surface area contributed by atoms with Crippen LogP contribution < -0.4 is 9.64 Å². The molecule has 1 heterocycles. The number of aliphatic hydroxyl groups is 1. The molecule has 0 aliphatic carbocycles. The van der Waals surface area contributed by atoms with Gasteiger partial charge in [-0.3, -0.25) is 4.90 Å². The fraction of sp³-hybridized carbons (Fsp3) is 0.357. The molecule has 1 aliphatic heterocycles. The van der Waals surface area contributed by atoms with E-state index in [9.17, 15) is 13.9 Å². The van der Waals surface area contributed by atoms with Crippen LogP contribution in [0.15, 0.2) is 72.8 Å². The summed E-state index contributed by atoms with van der Waals surface area (Å²) in [6.07, 6.45) is -1.22. The number of nitrogens with zero attached hydrogens (tertiary/aromatic N) is 2. The topological polar surface area (TPSA) is 45.2 Å². The summed E-state index contributed by atoms with van der Waals surface area (Å²) in [5, 5.41) is 10.7. The Bertz CT molecular complexity index is 1010. The van der Waals surface area contributed by atoms with E-state index in [1.54, 1.807) is 24.3 Å². The predicted molar refractivity (Wildman–Crippen MR) is 133 cm³/mol. The van der Waals surface area contributed by atoms with E-state index in [0.29, 0.717) is 13.2 Å². The Kier molecular flexibility index (Phi) is 8.69. The lowest BCUT2D eigenvalue weighted by Gasteiger charge is -2.37. The third kappa shape index (κ3) is 6.78. The number of anilines is 1. The summed E-state index contributed by atoms with van der Waals surface area (Å²) in [6.45, 7) is 6.51. The fourth-order valence-corrected chi connectivity index (χ4v) is 4.39. The van der Waals surface area contributed by atoms with Crippen molar-refractivity contribution in [2.45, 2.75) is 19.1 Å². The Labute approximate surface area is 205 Å². The highest BCUT2D eigenvalue weighted by molar-refractivity contribution is 5.58. The van der Waals surface area contributed by atoms with Gasteiger partial charge in [-0.25, -0.2) is 8.78 Å². The van der Waals surface area contributed by atoms with E-state index in [1.165, 1.54) is 24.3 Å². The molecule has 1 fully saturated rings. The van der Waals surface area contributed by atoms with Crippen molar-refractivity contribution in [1.29, 1.82) is 0 Å². The van der Waals surface area contributed by atoms with Crippen molar-refractivity contribution >= 4 is 5.69 Å². The minimum atomic E-state index is -0.694. The maximum atomic E-state index is 13.4. The van der Waals surface area contributed by atoms with Crippen molar-refractivity contribution in [2.75, 3.05) is 50.8 Å². The van der Waals surface area contributed by atoms with E-state index >= 15 is 0 Å². The van der Waals surface area contributed by atoms with Crippen LogP contribution in [-0.4, -0.2) is 62.0 Å². The number of para-hydroxylation sites is 2. The molecule has 1 atom stereocenters. The van der Waals surface area contributed by atoms with Crippen LogP contribution in [0, 0.1) is 11.6 Å². The summed E-state index contributed by atoms with van der Waals surface area (Å²) in [5.41, 5.74) is 2.58. The second-order valence-electron chi connectivity index (χ2n) is 8.66. The SMILES string of the molecule is CCOc1ccccc1N1CCN(C[C@H](O)COC(c2ccc(F)cc2)c2ccc(F)cc2)CC1. The molecular formula is C28H32F2N2O3. The van der Waals surface area contributed by atoms with Crippen LogP contribution in [0.3, 0.4) is 0 Å². The Balaban J connectivity index is 1.32. The van der Waals surface area contributed by atoms with Crippen molar-refractivity contribution in [2.24, 2.45) is 0 Å². The van der Waals surface area contributed by atoms with Gasteiger partial charge in [-0.2, -0.15) is 0 Å². The molecule has 0 spiro atoms. The van der Waals surface area contributed by atoms with Crippen LogP contribution in [0.4, 0.5) is 14.5 Å². The van der Waals surface area contributed by atoms with Gasteiger partial charge in [0, 0.05) is 32.7 Å². The van der Waals surface area contributed by atoms with E-state index < -0.39 is 12.2 Å². The first kappa shape index (κ1) is 25.1. The maximum Gasteiger partial charge on any atom is 0.142 e. The number of benzene rings is 3. The lowest BCUT2D eigenvalue weighted by Crippen LogP contribution is -2.49. The van der Waals surface area contributed by atoms with Gasteiger partial charge in [0.1, 0.15) is 23.5 Å². The largest absolute Gasteiger partial charge is 0.492 e. The molecule has 0 bridgehead atoms. The molecule has 3 aromatic rings. The fourth-order valence-electron chi connectivity index (χ4n) is 4.39. The highest BCUT2D eigenvalue weighted by Gasteiger charge is 2.23. The molecule has 0 saturated carbocycles. The van der Waals surface area contributed by atoms with Gasteiger partial charge < -0.3 is 19.5 Å². The van der Waals surface area contributed by atoms with Gasteiger partial charge in [-0.05, 0) is 54.4 Å². The lowest BCUT2D eigenvalue weighted by molar-refractivity contribution is -0.00897. The number of hydrogen-bond donors (Lipinski definition) is 1. The molecule has 0 unspecified atom stereocenters. The number of β-amino-alcohol motifs (C(OH)–C–C–N with tert-alkyl or cyclic N) is 1. The number of ether oxygens (including phenoxy) is 2. The molecule has 4 rings (SSSR count). The van der Waals surface area contributed by atoms with Crippen molar-refractivity contribution in [1.82, 2.24) is 4.90 Å². The van der Waals surface area contributed by atoms with Crippen LogP contribution >= 0.6 is 0 Å². The molecule has 186 valence electrons. The van der Waals surface area contributed by atoms with Crippen LogP contribution in [0.5, 0.6) is 5.75 Å². The smallest absolute Gasteiger partial charge is 0.142 e. The maximum absolute atomic E-state index is 13.4. The summed E-state index contributed by atoms with van der Waals surface area (Å²) < 4.78 is 38.7. The van der Waals surface area contributed by atoms with Crippen molar-refractivity contribution in [3.63, 3.8) is 0 Å². The average Bonchev–Trinajstić information content (AvgIpc) is 2.87. The quantitative estimate of drug-likeness (QED) is 0.456. The second-order valence-corrected chi connectivity index (χ2v) is 8.66. The highest BCUT2D eigenvalue weighted by atomic mass is 19.1. The Morgan fingerprint density at radius 2 is 1.40 bits per heavy atom. The number of aliphatic hydroxyl groups excluding tert-OH is 1. The molecular weight excluding hydrogens is 450 g/mol. The summed E-state index contributed by atoms with van der Waals surface area (Å²) >= 11 is 0. The average molecular weight is 483 g/mol. The lowest BCUT2D eigenvalue weighted by atomic mass is 10.0. The zero-order chi connectivity index (χ0) is 24.6. The van der Waals surface area contributed by atoms with E-state index in [2.05, 4.69) is 15.9 Å².